The molecule has 0 aliphatic carbocycles. The predicted octanol–water partition coefficient (Wildman–Crippen LogP) is 3.42. The predicted molar refractivity (Wildman–Crippen MR) is 85.4 cm³/mol. The fraction of sp³-hybridized carbons (Fsp3) is 0.444. The van der Waals surface area contributed by atoms with Crippen LogP contribution >= 0.6 is 0 Å². The molecule has 0 saturated carbocycles. The number of hydrogen-bond donors (Lipinski definition) is 1. The molecule has 1 aliphatic rings. The van der Waals surface area contributed by atoms with Crippen molar-refractivity contribution in [2.45, 2.75) is 52.2 Å². The number of ether oxygens (including phenoxy) is 1. The van der Waals surface area contributed by atoms with Crippen LogP contribution in [0.4, 0.5) is 0 Å². The van der Waals surface area contributed by atoms with Gasteiger partial charge in [-0.3, -0.25) is 9.59 Å². The van der Waals surface area contributed by atoms with E-state index >= 15 is 0 Å². The normalized spacial score (nSPS) is 17.3. The average molecular weight is 302 g/mol. The lowest BCUT2D eigenvalue weighted by molar-refractivity contribution is 0.0618. The molecule has 0 unspecified atom stereocenters. The number of hydrogen-bond acceptors (Lipinski definition) is 4. The van der Waals surface area contributed by atoms with E-state index in [2.05, 4.69) is 0 Å². The highest BCUT2D eigenvalue weighted by molar-refractivity contribution is 6.05. The lowest BCUT2D eigenvalue weighted by atomic mass is 9.89. The van der Waals surface area contributed by atoms with Crippen molar-refractivity contribution in [1.82, 2.24) is 0 Å². The molecule has 0 atom stereocenters. The summed E-state index contributed by atoms with van der Waals surface area (Å²) in [7, 11) is 0. The van der Waals surface area contributed by atoms with Crippen molar-refractivity contribution < 1.29 is 19.4 Å². The van der Waals surface area contributed by atoms with Crippen LogP contribution in [0.2, 0.25) is 0 Å². The second-order valence-corrected chi connectivity index (χ2v) is 6.95. The Hall–Kier alpha value is -1.94. The number of rotatable bonds is 3. The molecule has 1 N–H and O–H groups in total. The van der Waals surface area contributed by atoms with Gasteiger partial charge in [-0.1, -0.05) is 12.2 Å². The van der Waals surface area contributed by atoms with Gasteiger partial charge in [0.2, 0.25) is 0 Å². The van der Waals surface area contributed by atoms with Gasteiger partial charge in [-0.05, 0) is 46.8 Å². The van der Waals surface area contributed by atoms with E-state index in [4.69, 9.17) is 4.74 Å². The highest BCUT2D eigenvalue weighted by atomic mass is 16.5. The molecule has 0 saturated heterocycles. The van der Waals surface area contributed by atoms with Crippen LogP contribution in [-0.2, 0) is 0 Å². The van der Waals surface area contributed by atoms with Gasteiger partial charge >= 0.3 is 0 Å². The minimum absolute atomic E-state index is 0.0349. The van der Waals surface area contributed by atoms with Gasteiger partial charge < -0.3 is 9.84 Å². The summed E-state index contributed by atoms with van der Waals surface area (Å²) in [6, 6.07) is 3.29. The molecule has 0 amide bonds. The second kappa shape index (κ2) is 5.36. The summed E-state index contributed by atoms with van der Waals surface area (Å²) >= 11 is 0. The Morgan fingerprint density at radius 3 is 2.55 bits per heavy atom. The molecule has 4 heteroatoms. The maximum absolute atomic E-state index is 12.4. The Balaban J connectivity index is 2.63. The summed E-state index contributed by atoms with van der Waals surface area (Å²) in [6.07, 6.45) is 3.58. The maximum atomic E-state index is 12.4. The Labute approximate surface area is 130 Å². The van der Waals surface area contributed by atoms with Crippen molar-refractivity contribution in [2.24, 2.45) is 0 Å². The van der Waals surface area contributed by atoms with E-state index in [0.717, 1.165) is 0 Å². The fourth-order valence-electron chi connectivity index (χ4n) is 2.39. The Kier molecular flexibility index (Phi) is 4.00. The molecule has 118 valence electrons. The van der Waals surface area contributed by atoms with Gasteiger partial charge in [-0.2, -0.15) is 0 Å². The molecule has 1 aliphatic heterocycles. The molecule has 0 spiro atoms. The fourth-order valence-corrected chi connectivity index (χ4v) is 2.39. The van der Waals surface area contributed by atoms with Crippen LogP contribution in [0.25, 0.3) is 6.08 Å². The van der Waals surface area contributed by atoms with E-state index in [-0.39, 0.29) is 18.0 Å². The highest BCUT2D eigenvalue weighted by Gasteiger charge is 2.34. The quantitative estimate of drug-likeness (QED) is 0.869. The summed E-state index contributed by atoms with van der Waals surface area (Å²) in [4.78, 5) is 24.1. The van der Waals surface area contributed by atoms with Crippen molar-refractivity contribution in [2.75, 3.05) is 0 Å². The Morgan fingerprint density at radius 1 is 1.36 bits per heavy atom. The standard InChI is InChI=1S/C18H22O4/c1-11(19)13-8-12(6-7-17(2,3)21)16-14(9-13)15(20)10-18(4,5)22-16/h6-9,21H,10H2,1-5H3/b7-6+. The van der Waals surface area contributed by atoms with E-state index in [1.165, 1.54) is 6.92 Å². The third kappa shape index (κ3) is 3.63. The zero-order valence-corrected chi connectivity index (χ0v) is 13.7. The van der Waals surface area contributed by atoms with E-state index < -0.39 is 11.2 Å². The third-order valence-electron chi connectivity index (χ3n) is 3.46. The zero-order chi connectivity index (χ0) is 16.7. The Bertz CT molecular complexity index is 660. The van der Waals surface area contributed by atoms with Gasteiger partial charge in [-0.25, -0.2) is 0 Å². The third-order valence-corrected chi connectivity index (χ3v) is 3.46. The van der Waals surface area contributed by atoms with Gasteiger partial charge in [0.15, 0.2) is 11.6 Å². The van der Waals surface area contributed by atoms with Gasteiger partial charge in [0.25, 0.3) is 0 Å². The Morgan fingerprint density at radius 2 is 2.00 bits per heavy atom. The van der Waals surface area contributed by atoms with E-state index in [1.807, 2.05) is 13.8 Å². The van der Waals surface area contributed by atoms with Crippen molar-refractivity contribution in [3.05, 3.63) is 34.9 Å². The molecule has 1 aromatic carbocycles. The minimum Gasteiger partial charge on any atom is -0.486 e. The van der Waals surface area contributed by atoms with Gasteiger partial charge in [0, 0.05) is 11.1 Å². The molecule has 22 heavy (non-hydrogen) atoms. The molecule has 0 bridgehead atoms. The maximum Gasteiger partial charge on any atom is 0.170 e. The van der Waals surface area contributed by atoms with Crippen LogP contribution in [-0.4, -0.2) is 27.9 Å². The topological polar surface area (TPSA) is 63.6 Å². The first-order chi connectivity index (χ1) is 9.98. The molecule has 1 aromatic rings. The van der Waals surface area contributed by atoms with Crippen LogP contribution < -0.4 is 4.74 Å². The number of Topliss-reactive ketones (excluding diaryl/α,β-unsaturated/α-hetero) is 2. The van der Waals surface area contributed by atoms with Crippen LogP contribution in [0.3, 0.4) is 0 Å². The highest BCUT2D eigenvalue weighted by Crippen LogP contribution is 2.37. The smallest absolute Gasteiger partial charge is 0.170 e. The number of benzene rings is 1. The van der Waals surface area contributed by atoms with Crippen LogP contribution in [0, 0.1) is 0 Å². The average Bonchev–Trinajstić information content (AvgIpc) is 2.33. The molecule has 0 fully saturated rings. The largest absolute Gasteiger partial charge is 0.486 e. The van der Waals surface area contributed by atoms with Crippen molar-refractivity contribution >= 4 is 17.6 Å². The molecular weight excluding hydrogens is 280 g/mol. The lowest BCUT2D eigenvalue weighted by Gasteiger charge is -2.33. The molecule has 4 nitrogen and oxygen atoms in total. The first-order valence-electron chi connectivity index (χ1n) is 7.31. The van der Waals surface area contributed by atoms with Crippen molar-refractivity contribution in [3.8, 4) is 5.75 Å². The summed E-state index contributed by atoms with van der Waals surface area (Å²) < 4.78 is 5.96. The number of fused-ring (bicyclic) bond motifs is 1. The summed E-state index contributed by atoms with van der Waals surface area (Å²) in [5.41, 5.74) is -0.0499. The zero-order valence-electron chi connectivity index (χ0n) is 13.7. The monoisotopic (exact) mass is 302 g/mol. The molecule has 0 aromatic heterocycles. The van der Waals surface area contributed by atoms with Gasteiger partial charge in [-0.15, -0.1) is 0 Å². The summed E-state index contributed by atoms with van der Waals surface area (Å²) in [6.45, 7) is 8.48. The van der Waals surface area contributed by atoms with E-state index in [1.54, 1.807) is 38.1 Å². The SMILES string of the molecule is CC(=O)c1cc(/C=C/C(C)(C)O)c2c(c1)C(=O)CC(C)(C)O2. The van der Waals surface area contributed by atoms with Crippen LogP contribution in [0.5, 0.6) is 5.75 Å². The number of aliphatic hydroxyl groups is 1. The molecule has 0 radical (unpaired) electrons. The number of ketones is 2. The summed E-state index contributed by atoms with van der Waals surface area (Å²) in [5, 5.41) is 9.85. The number of carbonyl (C=O) groups is 2. The van der Waals surface area contributed by atoms with Crippen LogP contribution in [0.1, 0.15) is 67.3 Å². The van der Waals surface area contributed by atoms with E-state index in [9.17, 15) is 14.7 Å². The first kappa shape index (κ1) is 16.4. The minimum atomic E-state index is -0.993. The molecule has 1 heterocycles. The molecular formula is C18H22O4. The van der Waals surface area contributed by atoms with Crippen molar-refractivity contribution in [3.63, 3.8) is 0 Å². The van der Waals surface area contributed by atoms with Gasteiger partial charge in [0.05, 0.1) is 17.6 Å². The summed E-state index contributed by atoms with van der Waals surface area (Å²) in [5.74, 6) is 0.331. The second-order valence-electron chi connectivity index (χ2n) is 6.95. The first-order valence-corrected chi connectivity index (χ1v) is 7.31. The van der Waals surface area contributed by atoms with E-state index in [0.29, 0.717) is 22.4 Å². The number of carbonyl (C=O) groups excluding carboxylic acids is 2. The van der Waals surface area contributed by atoms with Gasteiger partial charge in [0.1, 0.15) is 11.4 Å². The van der Waals surface area contributed by atoms with Crippen molar-refractivity contribution in [1.29, 1.82) is 0 Å². The molecule has 2 rings (SSSR count). The lowest BCUT2D eigenvalue weighted by Crippen LogP contribution is -2.36. The van der Waals surface area contributed by atoms with Crippen LogP contribution in [0.15, 0.2) is 18.2 Å².